The van der Waals surface area contributed by atoms with Crippen LogP contribution in [-0.2, 0) is 26.7 Å². The summed E-state index contributed by atoms with van der Waals surface area (Å²) >= 11 is 0. The van der Waals surface area contributed by atoms with Crippen LogP contribution < -0.4 is 5.32 Å². The fourth-order valence-corrected chi connectivity index (χ4v) is 3.19. The standard InChI is InChI=1S/C11H18N4O5S/c1-8(11(17)18)15(5-4-12-9(2)16)21(19,20)10-6-14(3)7-13-10/h6-8H,4-5H2,1-3H3,(H,12,16)(H,17,18). The third-order valence-corrected chi connectivity index (χ3v) is 4.61. The minimum Gasteiger partial charge on any atom is -0.480 e. The minimum absolute atomic E-state index is 0.0129. The average Bonchev–Trinajstić information content (AvgIpc) is 2.80. The molecule has 10 heteroatoms. The quantitative estimate of drug-likeness (QED) is 0.666. The van der Waals surface area contributed by atoms with Crippen molar-refractivity contribution in [3.8, 4) is 0 Å². The van der Waals surface area contributed by atoms with Crippen molar-refractivity contribution in [3.63, 3.8) is 0 Å². The van der Waals surface area contributed by atoms with Gasteiger partial charge in [0.15, 0.2) is 5.03 Å². The van der Waals surface area contributed by atoms with Gasteiger partial charge in [-0.25, -0.2) is 13.4 Å². The Balaban J connectivity index is 3.04. The van der Waals surface area contributed by atoms with Crippen molar-refractivity contribution in [3.05, 3.63) is 12.5 Å². The Morgan fingerprint density at radius 1 is 1.52 bits per heavy atom. The van der Waals surface area contributed by atoms with Gasteiger partial charge in [-0.3, -0.25) is 9.59 Å². The molecule has 9 nitrogen and oxygen atoms in total. The van der Waals surface area contributed by atoms with E-state index in [9.17, 15) is 18.0 Å². The Labute approximate surface area is 122 Å². The van der Waals surface area contributed by atoms with Crippen molar-refractivity contribution >= 4 is 21.9 Å². The number of carboxylic acid groups (broad SMARTS) is 1. The Morgan fingerprint density at radius 2 is 2.14 bits per heavy atom. The fraction of sp³-hybridized carbons (Fsp3) is 0.545. The molecule has 0 aliphatic carbocycles. The number of aryl methyl sites for hydroxylation is 1. The third kappa shape index (κ3) is 4.26. The number of carbonyl (C=O) groups excluding carboxylic acids is 1. The maximum absolute atomic E-state index is 12.4. The van der Waals surface area contributed by atoms with E-state index >= 15 is 0 Å². The first-order valence-corrected chi connectivity index (χ1v) is 7.57. The highest BCUT2D eigenvalue weighted by Gasteiger charge is 2.34. The lowest BCUT2D eigenvalue weighted by molar-refractivity contribution is -0.140. The van der Waals surface area contributed by atoms with Crippen molar-refractivity contribution in [2.45, 2.75) is 24.9 Å². The highest BCUT2D eigenvalue weighted by atomic mass is 32.2. The fourth-order valence-electron chi connectivity index (χ4n) is 1.63. The molecule has 1 aromatic rings. The Bertz CT molecular complexity index is 624. The van der Waals surface area contributed by atoms with Gasteiger partial charge in [0.1, 0.15) is 6.04 Å². The summed E-state index contributed by atoms with van der Waals surface area (Å²) < 4.78 is 27.1. The van der Waals surface area contributed by atoms with Gasteiger partial charge in [-0.05, 0) is 6.92 Å². The van der Waals surface area contributed by atoms with Crippen LogP contribution >= 0.6 is 0 Å². The zero-order valence-corrected chi connectivity index (χ0v) is 12.8. The van der Waals surface area contributed by atoms with Gasteiger partial charge in [0.25, 0.3) is 10.0 Å². The molecule has 21 heavy (non-hydrogen) atoms. The molecular formula is C11H18N4O5S. The van der Waals surface area contributed by atoms with Gasteiger partial charge in [-0.15, -0.1) is 0 Å². The lowest BCUT2D eigenvalue weighted by atomic mass is 10.3. The smallest absolute Gasteiger partial charge is 0.321 e. The predicted octanol–water partition coefficient (Wildman–Crippen LogP) is -0.980. The first-order valence-electron chi connectivity index (χ1n) is 6.13. The van der Waals surface area contributed by atoms with Gasteiger partial charge in [0.2, 0.25) is 5.91 Å². The van der Waals surface area contributed by atoms with Crippen molar-refractivity contribution in [1.82, 2.24) is 19.2 Å². The molecule has 1 unspecified atom stereocenters. The van der Waals surface area contributed by atoms with Gasteiger partial charge < -0.3 is 15.0 Å². The Morgan fingerprint density at radius 3 is 2.57 bits per heavy atom. The summed E-state index contributed by atoms with van der Waals surface area (Å²) in [6.45, 7) is 2.40. The van der Waals surface area contributed by atoms with Gasteiger partial charge in [0, 0.05) is 33.3 Å². The molecule has 118 valence electrons. The molecule has 1 rings (SSSR count). The number of hydrogen-bond donors (Lipinski definition) is 2. The molecule has 0 bridgehead atoms. The van der Waals surface area contributed by atoms with Crippen molar-refractivity contribution in [2.75, 3.05) is 13.1 Å². The molecule has 0 saturated heterocycles. The maximum Gasteiger partial charge on any atom is 0.321 e. The highest BCUT2D eigenvalue weighted by molar-refractivity contribution is 7.89. The van der Waals surface area contributed by atoms with Crippen LogP contribution in [0.3, 0.4) is 0 Å². The second kappa shape index (κ2) is 6.68. The van der Waals surface area contributed by atoms with Crippen LogP contribution in [0.25, 0.3) is 0 Å². The van der Waals surface area contributed by atoms with Gasteiger partial charge in [-0.1, -0.05) is 0 Å². The molecule has 0 aliphatic rings. The number of sulfonamides is 1. The largest absolute Gasteiger partial charge is 0.480 e. The summed E-state index contributed by atoms with van der Waals surface area (Å²) in [7, 11) is -2.45. The number of aromatic nitrogens is 2. The number of carbonyl (C=O) groups is 2. The summed E-state index contributed by atoms with van der Waals surface area (Å²) in [5.74, 6) is -1.61. The number of rotatable bonds is 7. The van der Waals surface area contributed by atoms with E-state index in [1.807, 2.05) is 0 Å². The molecule has 1 atom stereocenters. The molecule has 1 heterocycles. The summed E-state index contributed by atoms with van der Waals surface area (Å²) in [4.78, 5) is 25.7. The summed E-state index contributed by atoms with van der Waals surface area (Å²) in [5, 5.41) is 11.3. The molecule has 0 fully saturated rings. The molecule has 1 aromatic heterocycles. The summed E-state index contributed by atoms with van der Waals surface area (Å²) in [6, 6.07) is -1.27. The Kier molecular flexibility index (Phi) is 5.44. The van der Waals surface area contributed by atoms with E-state index in [0.29, 0.717) is 0 Å². The van der Waals surface area contributed by atoms with E-state index in [0.717, 1.165) is 4.31 Å². The lowest BCUT2D eigenvalue weighted by Gasteiger charge is -2.24. The van der Waals surface area contributed by atoms with Crippen LogP contribution in [0.5, 0.6) is 0 Å². The van der Waals surface area contributed by atoms with E-state index in [1.165, 1.54) is 30.9 Å². The SMILES string of the molecule is CC(=O)NCCN(C(C)C(=O)O)S(=O)(=O)c1cn(C)cn1. The van der Waals surface area contributed by atoms with Crippen molar-refractivity contribution < 1.29 is 23.1 Å². The predicted molar refractivity (Wildman–Crippen MR) is 72.9 cm³/mol. The second-order valence-corrected chi connectivity index (χ2v) is 6.33. The number of hydrogen-bond acceptors (Lipinski definition) is 5. The number of carboxylic acids is 1. The van der Waals surface area contributed by atoms with Crippen LogP contribution in [0.4, 0.5) is 0 Å². The lowest BCUT2D eigenvalue weighted by Crippen LogP contribution is -2.46. The third-order valence-electron chi connectivity index (χ3n) is 2.75. The van der Waals surface area contributed by atoms with Crippen LogP contribution in [0.15, 0.2) is 17.6 Å². The number of nitrogens with one attached hydrogen (secondary N) is 1. The second-order valence-electron chi connectivity index (χ2n) is 4.49. The first-order chi connectivity index (χ1) is 9.66. The van der Waals surface area contributed by atoms with E-state index in [-0.39, 0.29) is 24.0 Å². The van der Waals surface area contributed by atoms with E-state index in [1.54, 1.807) is 7.05 Å². The maximum atomic E-state index is 12.4. The molecule has 0 saturated carbocycles. The molecule has 2 N–H and O–H groups in total. The van der Waals surface area contributed by atoms with Crippen LogP contribution in [0.2, 0.25) is 0 Å². The highest BCUT2D eigenvalue weighted by Crippen LogP contribution is 2.16. The van der Waals surface area contributed by atoms with Crippen LogP contribution in [0, 0.1) is 0 Å². The number of imidazole rings is 1. The molecule has 0 radical (unpaired) electrons. The number of amides is 1. The molecule has 0 spiro atoms. The zero-order valence-electron chi connectivity index (χ0n) is 12.0. The zero-order chi connectivity index (χ0) is 16.2. The first kappa shape index (κ1) is 17.1. The van der Waals surface area contributed by atoms with Gasteiger partial charge in [-0.2, -0.15) is 4.31 Å². The normalized spacial score (nSPS) is 13.1. The number of aliphatic carboxylic acids is 1. The van der Waals surface area contributed by atoms with Crippen LogP contribution in [0.1, 0.15) is 13.8 Å². The summed E-state index contributed by atoms with van der Waals surface area (Å²) in [6.07, 6.45) is 2.60. The van der Waals surface area contributed by atoms with Gasteiger partial charge >= 0.3 is 5.97 Å². The molecule has 1 amide bonds. The molecule has 0 aliphatic heterocycles. The van der Waals surface area contributed by atoms with Crippen LogP contribution in [-0.4, -0.2) is 58.4 Å². The average molecular weight is 318 g/mol. The summed E-state index contributed by atoms with van der Waals surface area (Å²) in [5.41, 5.74) is 0. The van der Waals surface area contributed by atoms with Crippen molar-refractivity contribution in [2.24, 2.45) is 7.05 Å². The molecule has 0 aromatic carbocycles. The van der Waals surface area contributed by atoms with E-state index in [2.05, 4.69) is 10.3 Å². The monoisotopic (exact) mass is 318 g/mol. The number of nitrogens with zero attached hydrogens (tertiary/aromatic N) is 3. The topological polar surface area (TPSA) is 122 Å². The van der Waals surface area contributed by atoms with E-state index < -0.39 is 22.0 Å². The van der Waals surface area contributed by atoms with Crippen molar-refractivity contribution in [1.29, 1.82) is 0 Å². The van der Waals surface area contributed by atoms with E-state index in [4.69, 9.17) is 5.11 Å². The van der Waals surface area contributed by atoms with Gasteiger partial charge in [0.05, 0.1) is 6.33 Å². The Hall–Kier alpha value is -1.94. The minimum atomic E-state index is -4.05. The molecular weight excluding hydrogens is 300 g/mol.